The molecule has 2 amide bonds. The SMILES string of the molecule is Cc1nc2ccc(CNC(=O)N(C)C[C@@]3(c4ccccc4)CC3(C)C)cc2[nH]1. The van der Waals surface area contributed by atoms with E-state index in [-0.39, 0.29) is 16.9 Å². The minimum absolute atomic E-state index is 0.0344. The summed E-state index contributed by atoms with van der Waals surface area (Å²) in [6.45, 7) is 7.73. The Kier molecular flexibility index (Phi) is 4.41. The van der Waals surface area contributed by atoms with E-state index in [2.05, 4.69) is 53.4 Å². The van der Waals surface area contributed by atoms with Gasteiger partial charge in [-0.05, 0) is 42.0 Å². The van der Waals surface area contributed by atoms with Crippen LogP contribution in [0.4, 0.5) is 4.79 Å². The quantitative estimate of drug-likeness (QED) is 0.694. The van der Waals surface area contributed by atoms with Gasteiger partial charge < -0.3 is 15.2 Å². The molecule has 0 unspecified atom stereocenters. The fraction of sp³-hybridized carbons (Fsp3) is 0.391. The molecule has 5 nitrogen and oxygen atoms in total. The monoisotopic (exact) mass is 376 g/mol. The van der Waals surface area contributed by atoms with Gasteiger partial charge in [0.25, 0.3) is 0 Å². The lowest BCUT2D eigenvalue weighted by Crippen LogP contribution is -2.42. The van der Waals surface area contributed by atoms with Gasteiger partial charge in [-0.15, -0.1) is 0 Å². The van der Waals surface area contributed by atoms with E-state index in [1.54, 1.807) is 0 Å². The summed E-state index contributed by atoms with van der Waals surface area (Å²) >= 11 is 0. The molecule has 1 aliphatic rings. The van der Waals surface area contributed by atoms with Crippen molar-refractivity contribution in [2.75, 3.05) is 13.6 Å². The molecule has 0 aliphatic heterocycles. The average Bonchev–Trinajstić information content (AvgIpc) is 3.03. The van der Waals surface area contributed by atoms with Crippen molar-refractivity contribution in [3.8, 4) is 0 Å². The van der Waals surface area contributed by atoms with Gasteiger partial charge in [0.05, 0.1) is 11.0 Å². The second-order valence-corrected chi connectivity index (χ2v) is 8.70. The maximum Gasteiger partial charge on any atom is 0.317 e. The molecule has 2 aromatic carbocycles. The number of hydrogen-bond donors (Lipinski definition) is 2. The lowest BCUT2D eigenvalue weighted by molar-refractivity contribution is 0.200. The van der Waals surface area contributed by atoms with Crippen molar-refractivity contribution in [3.05, 3.63) is 65.5 Å². The van der Waals surface area contributed by atoms with Crippen molar-refractivity contribution in [3.63, 3.8) is 0 Å². The van der Waals surface area contributed by atoms with Gasteiger partial charge in [-0.25, -0.2) is 9.78 Å². The summed E-state index contributed by atoms with van der Waals surface area (Å²) in [6, 6.07) is 16.6. The van der Waals surface area contributed by atoms with Crippen molar-refractivity contribution in [1.82, 2.24) is 20.2 Å². The fourth-order valence-electron chi connectivity index (χ4n) is 4.41. The number of nitrogens with zero attached hydrogens (tertiary/aromatic N) is 2. The molecule has 146 valence electrons. The molecule has 0 saturated heterocycles. The van der Waals surface area contributed by atoms with Crippen LogP contribution >= 0.6 is 0 Å². The minimum Gasteiger partial charge on any atom is -0.342 e. The predicted octanol–water partition coefficient (Wildman–Crippen LogP) is 4.38. The molecule has 1 saturated carbocycles. The first-order valence-electron chi connectivity index (χ1n) is 9.80. The molecule has 0 radical (unpaired) electrons. The molecule has 1 atom stereocenters. The second-order valence-electron chi connectivity index (χ2n) is 8.70. The highest BCUT2D eigenvalue weighted by molar-refractivity contribution is 5.77. The third-order valence-electron chi connectivity index (χ3n) is 6.20. The van der Waals surface area contributed by atoms with Crippen LogP contribution in [0.5, 0.6) is 0 Å². The molecule has 1 aliphatic carbocycles. The summed E-state index contributed by atoms with van der Waals surface area (Å²) < 4.78 is 0. The number of nitrogens with one attached hydrogen (secondary N) is 2. The summed E-state index contributed by atoms with van der Waals surface area (Å²) in [5.74, 6) is 0.897. The van der Waals surface area contributed by atoms with Gasteiger partial charge in [0.15, 0.2) is 0 Å². The molecule has 2 N–H and O–H groups in total. The highest BCUT2D eigenvalue weighted by Crippen LogP contribution is 2.64. The number of carbonyl (C=O) groups is 1. The average molecular weight is 377 g/mol. The highest BCUT2D eigenvalue weighted by Gasteiger charge is 2.62. The Morgan fingerprint density at radius 2 is 1.93 bits per heavy atom. The second kappa shape index (κ2) is 6.66. The van der Waals surface area contributed by atoms with Crippen LogP contribution in [0.15, 0.2) is 48.5 Å². The zero-order valence-corrected chi connectivity index (χ0v) is 17.0. The van der Waals surface area contributed by atoms with E-state index >= 15 is 0 Å². The van der Waals surface area contributed by atoms with E-state index in [4.69, 9.17) is 0 Å². The number of aryl methyl sites for hydroxylation is 1. The summed E-state index contributed by atoms with van der Waals surface area (Å²) in [7, 11) is 1.88. The van der Waals surface area contributed by atoms with E-state index in [1.165, 1.54) is 5.56 Å². The summed E-state index contributed by atoms with van der Waals surface area (Å²) in [6.07, 6.45) is 1.09. The molecule has 3 aromatic rings. The van der Waals surface area contributed by atoms with Crippen LogP contribution in [-0.2, 0) is 12.0 Å². The van der Waals surface area contributed by atoms with Crippen LogP contribution in [0.1, 0.15) is 37.2 Å². The van der Waals surface area contributed by atoms with Crippen molar-refractivity contribution < 1.29 is 4.79 Å². The largest absolute Gasteiger partial charge is 0.342 e. The zero-order valence-electron chi connectivity index (χ0n) is 17.0. The number of aromatic nitrogens is 2. The normalized spacial score (nSPS) is 20.1. The van der Waals surface area contributed by atoms with E-state index in [0.717, 1.165) is 28.8 Å². The van der Waals surface area contributed by atoms with Crippen LogP contribution in [0.25, 0.3) is 11.0 Å². The first-order valence-corrected chi connectivity index (χ1v) is 9.80. The van der Waals surface area contributed by atoms with Crippen molar-refractivity contribution >= 4 is 17.1 Å². The number of hydrogen-bond acceptors (Lipinski definition) is 2. The van der Waals surface area contributed by atoms with Crippen LogP contribution in [0.2, 0.25) is 0 Å². The van der Waals surface area contributed by atoms with Crippen LogP contribution in [0.3, 0.4) is 0 Å². The molecule has 28 heavy (non-hydrogen) atoms. The number of aromatic amines is 1. The summed E-state index contributed by atoms with van der Waals surface area (Å²) in [5.41, 5.74) is 4.56. The van der Waals surface area contributed by atoms with Gasteiger partial charge in [-0.3, -0.25) is 0 Å². The maximum absolute atomic E-state index is 12.7. The van der Waals surface area contributed by atoms with E-state index in [9.17, 15) is 4.79 Å². The Bertz CT molecular complexity index is 1010. The maximum atomic E-state index is 12.7. The van der Waals surface area contributed by atoms with E-state index < -0.39 is 0 Å². The smallest absolute Gasteiger partial charge is 0.317 e. The molecular formula is C23H28N4O. The topological polar surface area (TPSA) is 61.0 Å². The van der Waals surface area contributed by atoms with Crippen LogP contribution in [0, 0.1) is 12.3 Å². The number of likely N-dealkylation sites (N-methyl/N-ethyl adjacent to an activating group) is 1. The minimum atomic E-state index is -0.0427. The fourth-order valence-corrected chi connectivity index (χ4v) is 4.41. The van der Waals surface area contributed by atoms with Crippen molar-refractivity contribution in [2.45, 2.75) is 39.2 Å². The number of urea groups is 1. The Morgan fingerprint density at radius 1 is 1.21 bits per heavy atom. The molecular weight excluding hydrogens is 348 g/mol. The van der Waals surface area contributed by atoms with Crippen molar-refractivity contribution in [2.24, 2.45) is 5.41 Å². The lowest BCUT2D eigenvalue weighted by Gasteiger charge is -2.28. The Balaban J connectivity index is 1.41. The van der Waals surface area contributed by atoms with Crippen LogP contribution in [-0.4, -0.2) is 34.5 Å². The van der Waals surface area contributed by atoms with Gasteiger partial charge in [0, 0.05) is 25.6 Å². The van der Waals surface area contributed by atoms with Crippen molar-refractivity contribution in [1.29, 1.82) is 0 Å². The number of rotatable bonds is 5. The Morgan fingerprint density at radius 3 is 2.61 bits per heavy atom. The summed E-state index contributed by atoms with van der Waals surface area (Å²) in [5, 5.41) is 3.05. The number of fused-ring (bicyclic) bond motifs is 1. The lowest BCUT2D eigenvalue weighted by atomic mass is 9.87. The molecule has 0 spiro atoms. The standard InChI is InChI=1S/C23H28N4O/c1-16-25-19-11-10-17(12-20(19)26-16)13-24-21(28)27(4)15-23(14-22(23,2)3)18-8-6-5-7-9-18/h5-12H,13-15H2,1-4H3,(H,24,28)(H,25,26)/t23-/m1/s1. The van der Waals surface area contributed by atoms with Gasteiger partial charge in [0.1, 0.15) is 5.82 Å². The van der Waals surface area contributed by atoms with Gasteiger partial charge in [-0.1, -0.05) is 50.2 Å². The third-order valence-corrected chi connectivity index (χ3v) is 6.20. The van der Waals surface area contributed by atoms with Gasteiger partial charge in [-0.2, -0.15) is 0 Å². The van der Waals surface area contributed by atoms with Crippen LogP contribution < -0.4 is 5.32 Å². The zero-order chi connectivity index (χ0) is 19.9. The molecule has 1 heterocycles. The third kappa shape index (κ3) is 3.26. The molecule has 0 bridgehead atoms. The first-order chi connectivity index (χ1) is 13.3. The number of amides is 2. The van der Waals surface area contributed by atoms with Gasteiger partial charge >= 0.3 is 6.03 Å². The number of benzene rings is 2. The Hall–Kier alpha value is -2.82. The number of imidazole rings is 1. The summed E-state index contributed by atoms with van der Waals surface area (Å²) in [4.78, 5) is 22.2. The van der Waals surface area contributed by atoms with E-state index in [1.807, 2.05) is 43.1 Å². The molecule has 5 heteroatoms. The van der Waals surface area contributed by atoms with Gasteiger partial charge in [0.2, 0.25) is 0 Å². The Labute approximate surface area is 166 Å². The highest BCUT2D eigenvalue weighted by atomic mass is 16.2. The number of H-pyrrole nitrogens is 1. The predicted molar refractivity (Wildman–Crippen MR) is 112 cm³/mol. The first kappa shape index (κ1) is 18.5. The number of carbonyl (C=O) groups excluding carboxylic acids is 1. The molecule has 1 aromatic heterocycles. The molecule has 4 rings (SSSR count). The molecule has 1 fully saturated rings. The van der Waals surface area contributed by atoms with E-state index in [0.29, 0.717) is 13.1 Å².